The number of aromatic nitrogens is 4. The number of amides is 1. The van der Waals surface area contributed by atoms with Gasteiger partial charge in [0.05, 0.1) is 6.33 Å². The molecular formula is C17H24N6O. The lowest BCUT2D eigenvalue weighted by atomic mass is 9.96. The number of anilines is 1. The average molecular weight is 328 g/mol. The minimum Gasteiger partial charge on any atom is -0.355 e. The van der Waals surface area contributed by atoms with Gasteiger partial charge in [-0.15, -0.1) is 0 Å². The Bertz CT molecular complexity index is 737. The van der Waals surface area contributed by atoms with Gasteiger partial charge in [0, 0.05) is 19.1 Å². The number of fused-ring (bicyclic) bond motifs is 1. The predicted molar refractivity (Wildman–Crippen MR) is 93.7 cm³/mol. The topological polar surface area (TPSA) is 86.8 Å². The van der Waals surface area contributed by atoms with Crippen molar-refractivity contribution in [2.24, 2.45) is 5.41 Å². The molecule has 1 saturated heterocycles. The molecule has 0 bridgehead atoms. The highest BCUT2D eigenvalue weighted by atomic mass is 16.1. The summed E-state index contributed by atoms with van der Waals surface area (Å²) >= 11 is 0. The molecular weight excluding hydrogens is 304 g/mol. The van der Waals surface area contributed by atoms with Gasteiger partial charge in [0.15, 0.2) is 11.5 Å². The molecule has 7 nitrogen and oxygen atoms in total. The molecule has 0 aromatic carbocycles. The first-order chi connectivity index (χ1) is 11.4. The van der Waals surface area contributed by atoms with Crippen LogP contribution >= 0.6 is 0 Å². The Hall–Kier alpha value is -2.44. The predicted octanol–water partition coefficient (Wildman–Crippen LogP) is 2.04. The summed E-state index contributed by atoms with van der Waals surface area (Å²) < 4.78 is 0. The Morgan fingerprint density at radius 3 is 2.75 bits per heavy atom. The fourth-order valence-corrected chi connectivity index (χ4v) is 2.80. The number of hydrogen-bond donors (Lipinski definition) is 2. The molecule has 0 spiro atoms. The average Bonchev–Trinajstić information content (AvgIpc) is 3.02. The summed E-state index contributed by atoms with van der Waals surface area (Å²) in [4.78, 5) is 30.0. The van der Waals surface area contributed by atoms with Crippen LogP contribution in [0.2, 0.25) is 0 Å². The van der Waals surface area contributed by atoms with E-state index in [9.17, 15) is 4.79 Å². The second-order valence-corrected chi connectivity index (χ2v) is 7.27. The second-order valence-electron chi connectivity index (χ2n) is 7.27. The third-order valence-corrected chi connectivity index (χ3v) is 4.08. The SMILES string of the molecule is CC(C)(C)/C=C/C(=O)NC1CCN(c2ncnc3nc[nH]c23)CC1. The first-order valence-corrected chi connectivity index (χ1v) is 8.31. The monoisotopic (exact) mass is 328 g/mol. The van der Waals surface area contributed by atoms with E-state index in [2.05, 4.69) is 50.9 Å². The van der Waals surface area contributed by atoms with E-state index in [1.807, 2.05) is 6.08 Å². The van der Waals surface area contributed by atoms with Crippen LogP contribution in [0.25, 0.3) is 11.2 Å². The van der Waals surface area contributed by atoms with E-state index in [1.54, 1.807) is 18.7 Å². The molecule has 0 atom stereocenters. The van der Waals surface area contributed by atoms with E-state index >= 15 is 0 Å². The number of imidazole rings is 1. The van der Waals surface area contributed by atoms with Gasteiger partial charge >= 0.3 is 0 Å². The van der Waals surface area contributed by atoms with Crippen molar-refractivity contribution in [3.05, 3.63) is 24.8 Å². The third kappa shape index (κ3) is 3.90. The minimum atomic E-state index is -0.0126. The molecule has 2 aromatic heterocycles. The van der Waals surface area contributed by atoms with Crippen LogP contribution in [-0.4, -0.2) is 45.0 Å². The number of carbonyl (C=O) groups excluding carboxylic acids is 1. The van der Waals surface area contributed by atoms with E-state index in [4.69, 9.17) is 0 Å². The Labute approximate surface area is 141 Å². The van der Waals surface area contributed by atoms with Gasteiger partial charge in [-0.05, 0) is 24.3 Å². The molecule has 24 heavy (non-hydrogen) atoms. The van der Waals surface area contributed by atoms with Gasteiger partial charge in [0.2, 0.25) is 5.91 Å². The number of piperidine rings is 1. The number of allylic oxidation sites excluding steroid dienone is 1. The maximum absolute atomic E-state index is 12.0. The first-order valence-electron chi connectivity index (χ1n) is 8.31. The summed E-state index contributed by atoms with van der Waals surface area (Å²) in [7, 11) is 0. The van der Waals surface area contributed by atoms with E-state index in [-0.39, 0.29) is 17.4 Å². The van der Waals surface area contributed by atoms with Crippen LogP contribution in [0.4, 0.5) is 5.82 Å². The van der Waals surface area contributed by atoms with Gasteiger partial charge in [-0.1, -0.05) is 26.8 Å². The van der Waals surface area contributed by atoms with Crippen LogP contribution in [-0.2, 0) is 4.79 Å². The molecule has 3 heterocycles. The standard InChI is InChI=1S/C17H24N6O/c1-17(2,3)7-4-13(24)22-12-5-8-23(9-6-12)16-14-15(19-10-18-14)20-11-21-16/h4,7,10-12H,5-6,8-9H2,1-3H3,(H,22,24)(H,18,19,20,21)/b7-4+. The lowest BCUT2D eigenvalue weighted by Crippen LogP contribution is -2.44. The summed E-state index contributed by atoms with van der Waals surface area (Å²) in [6.07, 6.45) is 8.56. The fourth-order valence-electron chi connectivity index (χ4n) is 2.80. The molecule has 0 aliphatic carbocycles. The zero-order valence-corrected chi connectivity index (χ0v) is 14.4. The first kappa shape index (κ1) is 16.4. The molecule has 2 aromatic rings. The molecule has 7 heteroatoms. The Morgan fingerprint density at radius 1 is 1.29 bits per heavy atom. The van der Waals surface area contributed by atoms with Crippen molar-refractivity contribution in [3.8, 4) is 0 Å². The van der Waals surface area contributed by atoms with Crippen molar-refractivity contribution in [3.63, 3.8) is 0 Å². The van der Waals surface area contributed by atoms with E-state index in [0.29, 0.717) is 5.65 Å². The van der Waals surface area contributed by atoms with Gasteiger partial charge in [0.25, 0.3) is 0 Å². The number of hydrogen-bond acceptors (Lipinski definition) is 5. The van der Waals surface area contributed by atoms with Crippen molar-refractivity contribution in [2.45, 2.75) is 39.7 Å². The van der Waals surface area contributed by atoms with Gasteiger partial charge < -0.3 is 15.2 Å². The molecule has 3 rings (SSSR count). The van der Waals surface area contributed by atoms with Crippen LogP contribution in [0.15, 0.2) is 24.8 Å². The van der Waals surface area contributed by atoms with Gasteiger partial charge in [0.1, 0.15) is 11.8 Å². The third-order valence-electron chi connectivity index (χ3n) is 4.08. The number of H-pyrrole nitrogens is 1. The molecule has 1 aliphatic heterocycles. The van der Waals surface area contributed by atoms with Crippen LogP contribution in [0.5, 0.6) is 0 Å². The van der Waals surface area contributed by atoms with Crippen molar-refractivity contribution in [2.75, 3.05) is 18.0 Å². The molecule has 1 fully saturated rings. The molecule has 0 unspecified atom stereocenters. The Morgan fingerprint density at radius 2 is 2.04 bits per heavy atom. The smallest absolute Gasteiger partial charge is 0.243 e. The molecule has 0 radical (unpaired) electrons. The number of aromatic amines is 1. The van der Waals surface area contributed by atoms with Gasteiger partial charge in [-0.3, -0.25) is 4.79 Å². The summed E-state index contributed by atoms with van der Waals surface area (Å²) in [5, 5.41) is 3.09. The number of carbonyl (C=O) groups is 1. The van der Waals surface area contributed by atoms with Gasteiger partial charge in [-0.2, -0.15) is 0 Å². The largest absolute Gasteiger partial charge is 0.355 e. The van der Waals surface area contributed by atoms with E-state index < -0.39 is 0 Å². The molecule has 2 N–H and O–H groups in total. The van der Waals surface area contributed by atoms with Gasteiger partial charge in [-0.25, -0.2) is 15.0 Å². The minimum absolute atomic E-state index is 0.0126. The maximum Gasteiger partial charge on any atom is 0.243 e. The maximum atomic E-state index is 12.0. The number of rotatable bonds is 3. The molecule has 1 aliphatic rings. The summed E-state index contributed by atoms with van der Waals surface area (Å²) in [6, 6.07) is 0.206. The Kier molecular flexibility index (Phi) is 4.51. The zero-order chi connectivity index (χ0) is 17.2. The van der Waals surface area contributed by atoms with Crippen LogP contribution < -0.4 is 10.2 Å². The summed E-state index contributed by atoms with van der Waals surface area (Å²) in [5.41, 5.74) is 1.57. The fraction of sp³-hybridized carbons (Fsp3) is 0.529. The highest BCUT2D eigenvalue weighted by molar-refractivity contribution is 5.87. The van der Waals surface area contributed by atoms with Crippen LogP contribution in [0.1, 0.15) is 33.6 Å². The lowest BCUT2D eigenvalue weighted by molar-refractivity contribution is -0.117. The quantitative estimate of drug-likeness (QED) is 0.842. The number of nitrogens with one attached hydrogen (secondary N) is 2. The van der Waals surface area contributed by atoms with E-state index in [1.165, 1.54) is 0 Å². The normalized spacial score (nSPS) is 16.9. The zero-order valence-electron chi connectivity index (χ0n) is 14.4. The lowest BCUT2D eigenvalue weighted by Gasteiger charge is -2.33. The highest BCUT2D eigenvalue weighted by Gasteiger charge is 2.23. The Balaban J connectivity index is 1.57. The van der Waals surface area contributed by atoms with Crippen LogP contribution in [0, 0.1) is 5.41 Å². The molecule has 128 valence electrons. The summed E-state index contributed by atoms with van der Waals surface area (Å²) in [6.45, 7) is 7.92. The summed E-state index contributed by atoms with van der Waals surface area (Å²) in [5.74, 6) is 0.872. The van der Waals surface area contributed by atoms with Crippen molar-refractivity contribution in [1.82, 2.24) is 25.3 Å². The highest BCUT2D eigenvalue weighted by Crippen LogP contribution is 2.23. The molecule has 1 amide bonds. The van der Waals surface area contributed by atoms with Crippen molar-refractivity contribution in [1.29, 1.82) is 0 Å². The second kappa shape index (κ2) is 6.59. The number of nitrogens with zero attached hydrogens (tertiary/aromatic N) is 4. The molecule has 0 saturated carbocycles. The van der Waals surface area contributed by atoms with Crippen LogP contribution in [0.3, 0.4) is 0 Å². The van der Waals surface area contributed by atoms with E-state index in [0.717, 1.165) is 37.3 Å². The van der Waals surface area contributed by atoms with Crippen molar-refractivity contribution >= 4 is 22.9 Å². The van der Waals surface area contributed by atoms with Crippen molar-refractivity contribution < 1.29 is 4.79 Å².